The van der Waals surface area contributed by atoms with E-state index in [4.69, 9.17) is 9.72 Å². The van der Waals surface area contributed by atoms with Crippen molar-refractivity contribution in [2.24, 2.45) is 5.92 Å². The van der Waals surface area contributed by atoms with Crippen molar-refractivity contribution in [2.75, 3.05) is 6.61 Å². The van der Waals surface area contributed by atoms with E-state index in [9.17, 15) is 0 Å². The maximum Gasteiger partial charge on any atom is 0.119 e. The zero-order valence-electron chi connectivity index (χ0n) is 12.8. The van der Waals surface area contributed by atoms with Crippen LogP contribution < -0.4 is 4.74 Å². The molecule has 2 aromatic rings. The molecule has 0 saturated carbocycles. The Labute approximate surface area is 125 Å². The van der Waals surface area contributed by atoms with Crippen LogP contribution in [-0.4, -0.2) is 11.6 Å². The minimum Gasteiger partial charge on any atom is -0.494 e. The predicted octanol–water partition coefficient (Wildman–Crippen LogP) is 5.11. The van der Waals surface area contributed by atoms with Gasteiger partial charge in [-0.05, 0) is 37.8 Å². The summed E-state index contributed by atoms with van der Waals surface area (Å²) in [6.07, 6.45) is 2.11. The van der Waals surface area contributed by atoms with Gasteiger partial charge in [0.05, 0.1) is 17.3 Å². The molecule has 0 amide bonds. The standard InChI is InChI=1S/C17H23NOS/c1-5-9-19-15-8-6-7-14(11-15)17-16(10-12(2)3)20-13(4)18-17/h6-8,11-12H,5,9-10H2,1-4H3. The number of thiazole rings is 1. The van der Waals surface area contributed by atoms with Gasteiger partial charge in [-0.15, -0.1) is 11.3 Å². The van der Waals surface area contributed by atoms with Gasteiger partial charge in [0.1, 0.15) is 5.75 Å². The fourth-order valence-electron chi connectivity index (χ4n) is 2.16. The summed E-state index contributed by atoms with van der Waals surface area (Å²) in [7, 11) is 0. The summed E-state index contributed by atoms with van der Waals surface area (Å²) in [5.41, 5.74) is 2.29. The Bertz CT molecular complexity index is 560. The molecule has 108 valence electrons. The van der Waals surface area contributed by atoms with Crippen molar-refractivity contribution in [3.8, 4) is 17.0 Å². The van der Waals surface area contributed by atoms with Crippen LogP contribution in [0.25, 0.3) is 11.3 Å². The van der Waals surface area contributed by atoms with Crippen molar-refractivity contribution in [3.63, 3.8) is 0 Å². The number of aromatic nitrogens is 1. The summed E-state index contributed by atoms with van der Waals surface area (Å²) in [6, 6.07) is 8.29. The number of hydrogen-bond acceptors (Lipinski definition) is 3. The summed E-state index contributed by atoms with van der Waals surface area (Å²) >= 11 is 1.81. The van der Waals surface area contributed by atoms with E-state index in [2.05, 4.69) is 39.8 Å². The second-order valence-electron chi connectivity index (χ2n) is 5.48. The van der Waals surface area contributed by atoms with E-state index in [-0.39, 0.29) is 0 Å². The molecule has 0 aliphatic rings. The quantitative estimate of drug-likeness (QED) is 0.737. The maximum atomic E-state index is 5.72. The van der Waals surface area contributed by atoms with Crippen LogP contribution in [0.1, 0.15) is 37.1 Å². The summed E-state index contributed by atoms with van der Waals surface area (Å²) < 4.78 is 5.72. The minimum absolute atomic E-state index is 0.646. The van der Waals surface area contributed by atoms with Crippen molar-refractivity contribution in [3.05, 3.63) is 34.2 Å². The molecule has 2 nitrogen and oxygen atoms in total. The molecule has 0 bridgehead atoms. The monoisotopic (exact) mass is 289 g/mol. The van der Waals surface area contributed by atoms with Crippen LogP contribution in [0.4, 0.5) is 0 Å². The van der Waals surface area contributed by atoms with E-state index in [1.807, 2.05) is 23.5 Å². The van der Waals surface area contributed by atoms with Crippen LogP contribution in [0, 0.1) is 12.8 Å². The molecular formula is C17H23NOS. The van der Waals surface area contributed by atoms with Crippen LogP contribution in [0.15, 0.2) is 24.3 Å². The molecule has 1 aromatic carbocycles. The molecule has 0 saturated heterocycles. The van der Waals surface area contributed by atoms with Gasteiger partial charge in [-0.3, -0.25) is 0 Å². The summed E-state index contributed by atoms with van der Waals surface area (Å²) in [5, 5.41) is 1.13. The molecule has 20 heavy (non-hydrogen) atoms. The molecule has 0 fully saturated rings. The zero-order valence-corrected chi connectivity index (χ0v) is 13.6. The van der Waals surface area contributed by atoms with E-state index in [1.165, 1.54) is 10.4 Å². The Morgan fingerprint density at radius 3 is 2.80 bits per heavy atom. The van der Waals surface area contributed by atoms with Gasteiger partial charge in [0.25, 0.3) is 0 Å². The highest BCUT2D eigenvalue weighted by atomic mass is 32.1. The molecule has 0 aliphatic carbocycles. The van der Waals surface area contributed by atoms with Gasteiger partial charge in [-0.25, -0.2) is 4.98 Å². The first kappa shape index (κ1) is 15.0. The van der Waals surface area contributed by atoms with Crippen LogP contribution >= 0.6 is 11.3 Å². The molecule has 1 heterocycles. The Balaban J connectivity index is 2.30. The first-order valence-corrected chi connectivity index (χ1v) is 8.11. The molecule has 0 unspecified atom stereocenters. The number of benzene rings is 1. The van der Waals surface area contributed by atoms with Crippen molar-refractivity contribution in [1.82, 2.24) is 4.98 Å². The van der Waals surface area contributed by atoms with E-state index < -0.39 is 0 Å². The fraction of sp³-hybridized carbons (Fsp3) is 0.471. The average molecular weight is 289 g/mol. The van der Waals surface area contributed by atoms with Gasteiger partial charge in [-0.2, -0.15) is 0 Å². The van der Waals surface area contributed by atoms with Crippen molar-refractivity contribution >= 4 is 11.3 Å². The van der Waals surface area contributed by atoms with Crippen molar-refractivity contribution in [1.29, 1.82) is 0 Å². The number of aryl methyl sites for hydroxylation is 1. The Kier molecular flexibility index (Phi) is 5.18. The Morgan fingerprint density at radius 2 is 2.10 bits per heavy atom. The molecule has 0 N–H and O–H groups in total. The number of rotatable bonds is 6. The molecule has 1 aromatic heterocycles. The first-order chi connectivity index (χ1) is 9.60. The molecule has 0 aliphatic heterocycles. The van der Waals surface area contributed by atoms with Gasteiger partial charge >= 0.3 is 0 Å². The third-order valence-electron chi connectivity index (χ3n) is 2.98. The predicted molar refractivity (Wildman–Crippen MR) is 86.6 cm³/mol. The van der Waals surface area contributed by atoms with Crippen LogP contribution in [0.5, 0.6) is 5.75 Å². The molecule has 3 heteroatoms. The van der Waals surface area contributed by atoms with Gasteiger partial charge in [0.2, 0.25) is 0 Å². The normalized spacial score (nSPS) is 11.1. The van der Waals surface area contributed by atoms with Gasteiger partial charge in [0, 0.05) is 10.4 Å². The minimum atomic E-state index is 0.646. The molecule has 0 radical (unpaired) electrons. The first-order valence-electron chi connectivity index (χ1n) is 7.29. The van der Waals surface area contributed by atoms with E-state index in [1.54, 1.807) is 0 Å². The highest BCUT2D eigenvalue weighted by molar-refractivity contribution is 7.12. The lowest BCUT2D eigenvalue weighted by Gasteiger charge is -2.08. The highest BCUT2D eigenvalue weighted by Gasteiger charge is 2.13. The Morgan fingerprint density at radius 1 is 1.30 bits per heavy atom. The third-order valence-corrected chi connectivity index (χ3v) is 3.97. The lowest BCUT2D eigenvalue weighted by molar-refractivity contribution is 0.317. The van der Waals surface area contributed by atoms with Gasteiger partial charge < -0.3 is 4.74 Å². The van der Waals surface area contributed by atoms with E-state index in [0.717, 1.165) is 35.9 Å². The smallest absolute Gasteiger partial charge is 0.119 e. The lowest BCUT2D eigenvalue weighted by atomic mass is 10.0. The third kappa shape index (κ3) is 3.83. The fourth-order valence-corrected chi connectivity index (χ4v) is 3.33. The number of hydrogen-bond donors (Lipinski definition) is 0. The lowest BCUT2D eigenvalue weighted by Crippen LogP contribution is -1.96. The molecule has 0 spiro atoms. The SMILES string of the molecule is CCCOc1cccc(-c2nc(C)sc2CC(C)C)c1. The van der Waals surface area contributed by atoms with Crippen LogP contribution in [0.3, 0.4) is 0 Å². The number of nitrogens with zero attached hydrogens (tertiary/aromatic N) is 1. The molecular weight excluding hydrogens is 266 g/mol. The average Bonchev–Trinajstić information content (AvgIpc) is 2.76. The van der Waals surface area contributed by atoms with Crippen molar-refractivity contribution in [2.45, 2.75) is 40.5 Å². The second kappa shape index (κ2) is 6.89. The number of ether oxygens (including phenoxy) is 1. The van der Waals surface area contributed by atoms with Crippen LogP contribution in [0.2, 0.25) is 0 Å². The summed E-state index contributed by atoms with van der Waals surface area (Å²) in [5.74, 6) is 1.58. The second-order valence-corrected chi connectivity index (χ2v) is 6.77. The molecule has 2 rings (SSSR count). The molecule has 0 atom stereocenters. The van der Waals surface area contributed by atoms with E-state index in [0.29, 0.717) is 5.92 Å². The van der Waals surface area contributed by atoms with E-state index >= 15 is 0 Å². The topological polar surface area (TPSA) is 22.1 Å². The van der Waals surface area contributed by atoms with Crippen molar-refractivity contribution < 1.29 is 4.74 Å². The highest BCUT2D eigenvalue weighted by Crippen LogP contribution is 2.31. The zero-order chi connectivity index (χ0) is 14.5. The maximum absolute atomic E-state index is 5.72. The Hall–Kier alpha value is -1.35. The summed E-state index contributed by atoms with van der Waals surface area (Å²) in [4.78, 5) is 6.10. The van der Waals surface area contributed by atoms with Crippen LogP contribution in [-0.2, 0) is 6.42 Å². The largest absolute Gasteiger partial charge is 0.494 e. The van der Waals surface area contributed by atoms with Gasteiger partial charge in [0.15, 0.2) is 0 Å². The van der Waals surface area contributed by atoms with Gasteiger partial charge in [-0.1, -0.05) is 32.9 Å². The summed E-state index contributed by atoms with van der Waals surface area (Å²) in [6.45, 7) is 9.46.